The van der Waals surface area contributed by atoms with Crippen LogP contribution in [0.1, 0.15) is 38.5 Å². The van der Waals surface area contributed by atoms with Crippen LogP contribution in [0.5, 0.6) is 0 Å². The minimum atomic E-state index is 1.14. The van der Waals surface area contributed by atoms with Gasteiger partial charge in [0.1, 0.15) is 0 Å². The Labute approximate surface area is 87.7 Å². The first-order valence-electron chi connectivity index (χ1n) is 5.54. The first kappa shape index (κ1) is 11.0. The van der Waals surface area contributed by atoms with E-state index < -0.39 is 0 Å². The van der Waals surface area contributed by atoms with Crippen molar-refractivity contribution in [1.82, 2.24) is 0 Å². The summed E-state index contributed by atoms with van der Waals surface area (Å²) in [4.78, 5) is 0. The van der Waals surface area contributed by atoms with Crippen LogP contribution in [-0.2, 0) is 0 Å². The SMILES string of the molecule is [C]1=C\CCC/C=C\CCC\C=C/C=C\1. The molecule has 1 radical (unpaired) electrons. The third kappa shape index (κ3) is 6.47. The predicted molar refractivity (Wildman–Crippen MR) is 62.9 cm³/mol. The smallest absolute Gasteiger partial charge is 0.0227 e. The lowest BCUT2D eigenvalue weighted by Gasteiger charge is -1.92. The van der Waals surface area contributed by atoms with Crippen molar-refractivity contribution in [3.63, 3.8) is 0 Å². The van der Waals surface area contributed by atoms with Gasteiger partial charge < -0.3 is 0 Å². The van der Waals surface area contributed by atoms with E-state index in [0.29, 0.717) is 0 Å². The molecule has 0 N–H and O–H groups in total. The molecule has 0 amide bonds. The van der Waals surface area contributed by atoms with Gasteiger partial charge in [0.15, 0.2) is 0 Å². The molecule has 75 valence electrons. The summed E-state index contributed by atoms with van der Waals surface area (Å²) < 4.78 is 0. The quantitative estimate of drug-likeness (QED) is 0.494. The van der Waals surface area contributed by atoms with Crippen LogP contribution >= 0.6 is 0 Å². The topological polar surface area (TPSA) is 0 Å². The zero-order valence-corrected chi connectivity index (χ0v) is 8.78. The van der Waals surface area contributed by atoms with Gasteiger partial charge in [-0.1, -0.05) is 42.5 Å². The lowest BCUT2D eigenvalue weighted by molar-refractivity contribution is 0.840. The van der Waals surface area contributed by atoms with Crippen molar-refractivity contribution < 1.29 is 0 Å². The largest absolute Gasteiger partial charge is 0.0885 e. The van der Waals surface area contributed by atoms with E-state index in [2.05, 4.69) is 42.5 Å². The van der Waals surface area contributed by atoms with E-state index in [0.717, 1.165) is 6.42 Å². The van der Waals surface area contributed by atoms with Gasteiger partial charge in [0.25, 0.3) is 0 Å². The molecular formula is C14H19. The highest BCUT2D eigenvalue weighted by Crippen LogP contribution is 2.02. The molecule has 0 saturated carbocycles. The van der Waals surface area contributed by atoms with Crippen LogP contribution in [0.15, 0.2) is 42.5 Å². The first-order valence-corrected chi connectivity index (χ1v) is 5.54. The summed E-state index contributed by atoms with van der Waals surface area (Å²) in [5.74, 6) is 0. The van der Waals surface area contributed by atoms with Crippen molar-refractivity contribution in [3.8, 4) is 0 Å². The molecular weight excluding hydrogens is 168 g/mol. The maximum Gasteiger partial charge on any atom is -0.0227 e. The molecule has 0 bridgehead atoms. The monoisotopic (exact) mass is 187 g/mol. The Hall–Kier alpha value is -1.04. The molecule has 0 aromatic carbocycles. The second-order valence-electron chi connectivity index (χ2n) is 3.49. The van der Waals surface area contributed by atoms with Crippen LogP contribution in [0.3, 0.4) is 0 Å². The van der Waals surface area contributed by atoms with Crippen LogP contribution in [0.4, 0.5) is 0 Å². The average molecular weight is 187 g/mol. The molecule has 0 spiro atoms. The Morgan fingerprint density at radius 1 is 0.714 bits per heavy atom. The molecule has 0 aromatic heterocycles. The maximum atomic E-state index is 3.16. The van der Waals surface area contributed by atoms with Gasteiger partial charge in [0.2, 0.25) is 0 Å². The minimum absolute atomic E-state index is 1.14. The number of hydrogen-bond donors (Lipinski definition) is 0. The molecule has 1 aliphatic rings. The summed E-state index contributed by atoms with van der Waals surface area (Å²) in [6, 6.07) is 0. The summed E-state index contributed by atoms with van der Waals surface area (Å²) in [5, 5.41) is 0. The summed E-state index contributed by atoms with van der Waals surface area (Å²) in [7, 11) is 0. The van der Waals surface area contributed by atoms with Gasteiger partial charge in [-0.25, -0.2) is 0 Å². The van der Waals surface area contributed by atoms with Gasteiger partial charge >= 0.3 is 0 Å². The van der Waals surface area contributed by atoms with Crippen molar-refractivity contribution in [2.45, 2.75) is 38.5 Å². The fourth-order valence-corrected chi connectivity index (χ4v) is 1.36. The number of allylic oxidation sites excluding steroid dienone is 8. The normalized spacial score (nSPS) is 28.6. The van der Waals surface area contributed by atoms with E-state index in [1.165, 1.54) is 32.1 Å². The van der Waals surface area contributed by atoms with E-state index in [1.807, 2.05) is 6.08 Å². The molecule has 0 fully saturated rings. The van der Waals surface area contributed by atoms with E-state index in [9.17, 15) is 0 Å². The Morgan fingerprint density at radius 3 is 2.29 bits per heavy atom. The molecule has 0 saturated heterocycles. The van der Waals surface area contributed by atoms with Crippen molar-refractivity contribution in [3.05, 3.63) is 48.6 Å². The molecule has 0 aromatic rings. The number of rotatable bonds is 0. The maximum absolute atomic E-state index is 3.16. The molecule has 1 rings (SSSR count). The standard InChI is InChI=1S/C14H19/c1-2-4-6-8-10-12-14-13-11-9-7-5-3-1/h1-4,8,11,13H,5,7,9-10,12,14H2/b3-1-,4-2-,8-6?,13-11-. The van der Waals surface area contributed by atoms with E-state index in [1.54, 1.807) is 0 Å². The van der Waals surface area contributed by atoms with Crippen LogP contribution in [0.2, 0.25) is 0 Å². The molecule has 0 heteroatoms. The summed E-state index contributed by atoms with van der Waals surface area (Å²) in [6.45, 7) is 0. The lowest BCUT2D eigenvalue weighted by atomic mass is 10.1. The highest BCUT2D eigenvalue weighted by atomic mass is 13.9. The van der Waals surface area contributed by atoms with Crippen molar-refractivity contribution in [2.75, 3.05) is 0 Å². The first-order chi connectivity index (χ1) is 7.00. The zero-order chi connectivity index (χ0) is 9.90. The second kappa shape index (κ2) is 8.55. The molecule has 0 atom stereocenters. The van der Waals surface area contributed by atoms with Gasteiger partial charge in [-0.3, -0.25) is 0 Å². The summed E-state index contributed by atoms with van der Waals surface area (Å²) in [5.41, 5.74) is 0. The summed E-state index contributed by atoms with van der Waals surface area (Å²) >= 11 is 0. The van der Waals surface area contributed by atoms with Crippen molar-refractivity contribution in [2.24, 2.45) is 0 Å². The third-order valence-electron chi connectivity index (χ3n) is 2.18. The molecule has 1 aliphatic carbocycles. The molecule has 0 heterocycles. The van der Waals surface area contributed by atoms with Crippen LogP contribution in [0.25, 0.3) is 0 Å². The van der Waals surface area contributed by atoms with Crippen LogP contribution in [0, 0.1) is 6.08 Å². The molecule has 0 nitrogen and oxygen atoms in total. The van der Waals surface area contributed by atoms with Crippen molar-refractivity contribution >= 4 is 0 Å². The minimum Gasteiger partial charge on any atom is -0.0885 e. The fraction of sp³-hybridized carbons (Fsp3) is 0.429. The Kier molecular flexibility index (Phi) is 6.74. The third-order valence-corrected chi connectivity index (χ3v) is 2.18. The van der Waals surface area contributed by atoms with E-state index in [4.69, 9.17) is 0 Å². The lowest BCUT2D eigenvalue weighted by Crippen LogP contribution is -1.72. The molecule has 0 aliphatic heterocycles. The van der Waals surface area contributed by atoms with E-state index >= 15 is 0 Å². The highest BCUT2D eigenvalue weighted by Gasteiger charge is 1.83. The van der Waals surface area contributed by atoms with Crippen LogP contribution < -0.4 is 0 Å². The van der Waals surface area contributed by atoms with Gasteiger partial charge in [-0.2, -0.15) is 0 Å². The highest BCUT2D eigenvalue weighted by molar-refractivity contribution is 5.07. The zero-order valence-electron chi connectivity index (χ0n) is 8.78. The van der Waals surface area contributed by atoms with E-state index in [-0.39, 0.29) is 0 Å². The Morgan fingerprint density at radius 2 is 1.43 bits per heavy atom. The van der Waals surface area contributed by atoms with Crippen molar-refractivity contribution in [1.29, 1.82) is 0 Å². The van der Waals surface area contributed by atoms with Gasteiger partial charge in [0, 0.05) is 0 Å². The van der Waals surface area contributed by atoms with Gasteiger partial charge in [0.05, 0.1) is 0 Å². The summed E-state index contributed by atoms with van der Waals surface area (Å²) in [6.07, 6.45) is 25.5. The molecule has 0 unspecified atom stereocenters. The molecule has 14 heavy (non-hydrogen) atoms. The fourth-order valence-electron chi connectivity index (χ4n) is 1.36. The average Bonchev–Trinajstić information content (AvgIpc) is 2.22. The number of hydrogen-bond acceptors (Lipinski definition) is 0. The Bertz CT molecular complexity index is 204. The van der Waals surface area contributed by atoms with Gasteiger partial charge in [-0.05, 0) is 44.6 Å². The Balaban J connectivity index is 2.35. The van der Waals surface area contributed by atoms with Gasteiger partial charge in [-0.15, -0.1) is 0 Å². The second-order valence-corrected chi connectivity index (χ2v) is 3.49. The predicted octanol–water partition coefficient (Wildman–Crippen LogP) is 4.37. The van der Waals surface area contributed by atoms with Crippen LogP contribution in [-0.4, -0.2) is 0 Å².